The number of aromatic nitrogens is 12. The zero-order valence-corrected chi connectivity index (χ0v) is 42.4. The summed E-state index contributed by atoms with van der Waals surface area (Å²) in [6, 6.07) is 0. The summed E-state index contributed by atoms with van der Waals surface area (Å²) in [6.07, 6.45) is -8.67. The number of ether oxygens (including phenoxy) is 3. The maximum Gasteiger partial charge on any atom is 0.490 e. The summed E-state index contributed by atoms with van der Waals surface area (Å²) in [5.74, 6) is 0.326. The van der Waals surface area contributed by atoms with E-state index >= 15 is 0 Å². The highest BCUT2D eigenvalue weighted by atomic mass is 31.3. The molecule has 426 valence electrons. The van der Waals surface area contributed by atoms with Crippen molar-refractivity contribution in [3.05, 3.63) is 38.0 Å². The molecule has 9 rings (SSSR count). The fourth-order valence-electron chi connectivity index (χ4n) is 7.27. The lowest BCUT2D eigenvalue weighted by molar-refractivity contribution is -0.0504. The number of hydrogen-bond acceptors (Lipinski definition) is 31. The first-order chi connectivity index (χ1) is 35.7. The van der Waals surface area contributed by atoms with Crippen LogP contribution < -0.4 is 17.2 Å². The average molecular weight is 1200 g/mol. The molecule has 3 aliphatic heterocycles. The minimum atomic E-state index is -5.70. The molecule has 9 heterocycles. The van der Waals surface area contributed by atoms with Gasteiger partial charge in [-0.3, -0.25) is 27.3 Å². The lowest BCUT2D eigenvalue weighted by Gasteiger charge is -2.19. The third-order valence-electron chi connectivity index (χ3n) is 10.6. The van der Waals surface area contributed by atoms with Crippen molar-refractivity contribution in [1.82, 2.24) is 58.6 Å². The molecule has 0 saturated carbocycles. The number of hydrogen-bond donors (Lipinski definition) is 17. The van der Waals surface area contributed by atoms with E-state index < -0.39 is 133 Å². The zero-order chi connectivity index (χ0) is 56.7. The molecule has 47 heteroatoms. The van der Waals surface area contributed by atoms with Crippen molar-refractivity contribution in [1.29, 1.82) is 0 Å². The number of phosphoric acid groups is 5. The first-order valence-corrected chi connectivity index (χ1v) is 28.3. The van der Waals surface area contributed by atoms with Gasteiger partial charge in [0.25, 0.3) is 0 Å². The Labute approximate surface area is 425 Å². The monoisotopic (exact) mass is 1200 g/mol. The number of aliphatic hydroxyl groups excluding tert-OH is 6. The highest BCUT2D eigenvalue weighted by molar-refractivity contribution is 7.66. The maximum atomic E-state index is 11.8. The van der Waals surface area contributed by atoms with Gasteiger partial charge in [-0.2, -0.15) is 8.62 Å². The molecule has 6 aromatic heterocycles. The van der Waals surface area contributed by atoms with E-state index in [-0.39, 0.29) is 39.9 Å². The highest BCUT2D eigenvalue weighted by Gasteiger charge is 2.49. The van der Waals surface area contributed by atoms with Crippen LogP contribution in [0.25, 0.3) is 33.5 Å². The topological polar surface area (TPSA) is 651 Å². The Hall–Kier alpha value is -4.68. The SMILES string of the molecule is Nc1ncnc2c1ncn2[C@@H]1O[C@H](COP(=O)(O)O)[C@@H](O)[C@H]1O.Nc1ncnc2c1ncn2[C@@H]1O[C@H](COP(=O)(O)O)[C@@H](O)[C@H]1O.Nc1ncnc2c1ncn2[C@@H]1O[C@H](COP(=O)(O)OP(=O)(O)OP(=O)(O)O)[C@@H](O)[C@H]1O. The quantitative estimate of drug-likeness (QED) is 0.0402. The van der Waals surface area contributed by atoms with Gasteiger partial charge in [-0.05, 0) is 0 Å². The van der Waals surface area contributed by atoms with Gasteiger partial charge in [0.15, 0.2) is 53.1 Å². The van der Waals surface area contributed by atoms with E-state index in [0.29, 0.717) is 11.0 Å². The molecule has 42 nitrogen and oxygen atoms in total. The maximum absolute atomic E-state index is 11.8. The zero-order valence-electron chi connectivity index (χ0n) is 37.9. The van der Waals surface area contributed by atoms with Crippen molar-refractivity contribution in [2.75, 3.05) is 37.0 Å². The fraction of sp³-hybridized carbons (Fsp3) is 0.500. The van der Waals surface area contributed by atoms with Crippen LogP contribution in [0.15, 0.2) is 38.0 Å². The van der Waals surface area contributed by atoms with Gasteiger partial charge in [0, 0.05) is 0 Å². The van der Waals surface area contributed by atoms with Crippen molar-refractivity contribution in [2.45, 2.75) is 73.6 Å². The van der Waals surface area contributed by atoms with Crippen LogP contribution in [0.3, 0.4) is 0 Å². The molecule has 6 aromatic rings. The molecule has 3 fully saturated rings. The Bertz CT molecular complexity index is 3180. The predicted octanol–water partition coefficient (Wildman–Crippen LogP) is -5.35. The summed E-state index contributed by atoms with van der Waals surface area (Å²) in [6.45, 7) is -2.15. The third-order valence-corrected chi connectivity index (χ3v) is 15.4. The summed E-state index contributed by atoms with van der Waals surface area (Å²) < 4.78 is 95.5. The van der Waals surface area contributed by atoms with Crippen molar-refractivity contribution in [3.8, 4) is 0 Å². The van der Waals surface area contributed by atoms with Gasteiger partial charge >= 0.3 is 39.1 Å². The predicted molar refractivity (Wildman–Crippen MR) is 243 cm³/mol. The molecule has 0 spiro atoms. The van der Waals surface area contributed by atoms with E-state index in [1.807, 2.05) is 0 Å². The molecule has 77 heavy (non-hydrogen) atoms. The van der Waals surface area contributed by atoms with Crippen LogP contribution in [0.5, 0.6) is 0 Å². The van der Waals surface area contributed by atoms with Crippen LogP contribution >= 0.6 is 39.1 Å². The number of anilines is 3. The molecule has 0 aromatic carbocycles. The van der Waals surface area contributed by atoms with Crippen molar-refractivity contribution in [2.24, 2.45) is 0 Å². The van der Waals surface area contributed by atoms with Gasteiger partial charge in [-0.15, -0.1) is 0 Å². The summed E-state index contributed by atoms with van der Waals surface area (Å²) in [4.78, 5) is 106. The molecular weight excluding hydrogens is 1160 g/mol. The Morgan fingerprint density at radius 3 is 1.00 bits per heavy atom. The molecule has 0 amide bonds. The second-order valence-corrected chi connectivity index (χ2v) is 22.7. The van der Waals surface area contributed by atoms with Gasteiger partial charge in [0.1, 0.15) is 90.5 Å². The number of rotatable bonds is 16. The van der Waals surface area contributed by atoms with E-state index in [1.165, 1.54) is 45.3 Å². The molecular formula is C30H44N15O27P5. The van der Waals surface area contributed by atoms with Gasteiger partial charge < -0.3 is 101 Å². The number of nitrogens with zero attached hydrogens (tertiary/aromatic N) is 12. The van der Waals surface area contributed by atoms with E-state index in [2.05, 4.69) is 67.0 Å². The number of imidazole rings is 3. The van der Waals surface area contributed by atoms with Crippen LogP contribution in [-0.2, 0) is 59.2 Å². The smallest absolute Gasteiger partial charge is 0.387 e. The number of fused-ring (bicyclic) bond motifs is 3. The summed E-state index contributed by atoms with van der Waals surface area (Å²) in [5, 5.41) is 60.5. The van der Waals surface area contributed by atoms with Crippen LogP contribution in [0.1, 0.15) is 18.7 Å². The van der Waals surface area contributed by atoms with Gasteiger partial charge in [0.05, 0.1) is 38.8 Å². The molecule has 3 aliphatic rings. The molecule has 0 radical (unpaired) electrons. The molecule has 20 N–H and O–H groups in total. The van der Waals surface area contributed by atoms with Crippen LogP contribution in [0.2, 0.25) is 0 Å². The minimum Gasteiger partial charge on any atom is -0.387 e. The lowest BCUT2D eigenvalue weighted by Crippen LogP contribution is -2.33. The molecule has 14 atom stereocenters. The minimum absolute atomic E-state index is 0.0426. The first kappa shape index (κ1) is 60.0. The van der Waals surface area contributed by atoms with Gasteiger partial charge in [0.2, 0.25) is 0 Å². The normalized spacial score (nSPS) is 28.5. The van der Waals surface area contributed by atoms with E-state index in [1.54, 1.807) is 0 Å². The van der Waals surface area contributed by atoms with Crippen LogP contribution in [-0.4, -0.2) is 203 Å². The Balaban J connectivity index is 0.000000170. The first-order valence-electron chi connectivity index (χ1n) is 20.8. The second-order valence-electron chi connectivity index (χ2n) is 15.8. The molecule has 0 aliphatic carbocycles. The second kappa shape index (κ2) is 23.2. The molecule has 0 bridgehead atoms. The third kappa shape index (κ3) is 14.4. The molecule has 2 unspecified atom stereocenters. The average Bonchev–Trinajstić information content (AvgIpc) is 4.18. The van der Waals surface area contributed by atoms with Crippen molar-refractivity contribution in [3.63, 3.8) is 0 Å². The van der Waals surface area contributed by atoms with E-state index in [9.17, 15) is 58.4 Å². The lowest BCUT2D eigenvalue weighted by atomic mass is 10.1. The largest absolute Gasteiger partial charge is 0.490 e. The van der Waals surface area contributed by atoms with Crippen LogP contribution in [0, 0.1) is 0 Å². The molecule has 3 saturated heterocycles. The number of aliphatic hydroxyl groups is 6. The Morgan fingerprint density at radius 2 is 0.714 bits per heavy atom. The number of phosphoric ester groups is 3. The number of nitrogen functional groups attached to an aromatic ring is 3. The Kier molecular flexibility index (Phi) is 18.1. The van der Waals surface area contributed by atoms with Gasteiger partial charge in [-0.25, -0.2) is 67.7 Å². The van der Waals surface area contributed by atoms with Crippen molar-refractivity contribution >= 4 is 90.1 Å². The van der Waals surface area contributed by atoms with Crippen molar-refractivity contribution < 1.29 is 129 Å². The number of nitrogens with two attached hydrogens (primary N) is 3. The summed E-state index contributed by atoms with van der Waals surface area (Å²) in [5.41, 5.74) is 18.5. The van der Waals surface area contributed by atoms with Crippen LogP contribution in [0.4, 0.5) is 17.5 Å². The highest BCUT2D eigenvalue weighted by Crippen LogP contribution is 2.66. The van der Waals surface area contributed by atoms with Gasteiger partial charge in [-0.1, -0.05) is 0 Å². The fourth-order valence-corrected chi connectivity index (χ4v) is 11.0. The summed E-state index contributed by atoms with van der Waals surface area (Å²) >= 11 is 0. The van der Waals surface area contributed by atoms with E-state index in [4.69, 9.17) is 65.7 Å². The Morgan fingerprint density at radius 1 is 0.416 bits per heavy atom. The standard InChI is InChI=1S/C10H16N5O13P3.2C10H14N5O7P/c11-8-5-9(13-2-12-8)15(3-14-5)10-7(17)6(16)4(26-10)1-25-30(21,22)28-31(23,24)27-29(18,19)20;2*11-8-5-9(13-2-12-8)15(3-14-5)10-7(17)6(16)4(22-10)1-21-23(18,19)20/h2-4,6-7,10,16-17H,1H2,(H,21,22)(H,23,24)(H2,11,12,13)(H2,18,19,20);2*2-4,6-7,10,16-17H,1H2,(H2,11,12,13)(H2,18,19,20)/t3*4-,6-,7-,10-/m111/s1. The van der Waals surface area contributed by atoms with E-state index in [0.717, 1.165) is 6.33 Å². The summed E-state index contributed by atoms with van der Waals surface area (Å²) in [7, 11) is -26.1.